The number of piperazine rings is 1. The molecule has 2 amide bonds. The molecule has 4 rings (SSSR count). The molecule has 0 spiro atoms. The van der Waals surface area contributed by atoms with Crippen molar-refractivity contribution in [2.24, 2.45) is 0 Å². The lowest BCUT2D eigenvalue weighted by Gasteiger charge is -2.37. The number of nitrogens with one attached hydrogen (secondary N) is 1. The fourth-order valence-corrected chi connectivity index (χ4v) is 4.05. The Morgan fingerprint density at radius 3 is 2.06 bits per heavy atom. The van der Waals surface area contributed by atoms with Gasteiger partial charge in [0.05, 0.1) is 5.69 Å². The molecule has 1 unspecified atom stereocenters. The van der Waals surface area contributed by atoms with Crippen LogP contribution in [-0.2, 0) is 22.6 Å². The van der Waals surface area contributed by atoms with E-state index in [1.165, 1.54) is 6.07 Å². The largest absolute Gasteiger partial charge is 0.445 e. The van der Waals surface area contributed by atoms with Crippen LogP contribution in [0.5, 0.6) is 0 Å². The summed E-state index contributed by atoms with van der Waals surface area (Å²) in [6, 6.07) is 24.8. The number of para-hydroxylation sites is 1. The van der Waals surface area contributed by atoms with Gasteiger partial charge in [-0.1, -0.05) is 72.8 Å². The van der Waals surface area contributed by atoms with Gasteiger partial charge in [-0.2, -0.15) is 0 Å². The first kappa shape index (κ1) is 23.3. The van der Waals surface area contributed by atoms with Crippen LogP contribution in [0.4, 0.5) is 14.9 Å². The van der Waals surface area contributed by atoms with Crippen LogP contribution >= 0.6 is 0 Å². The van der Waals surface area contributed by atoms with Crippen molar-refractivity contribution in [3.05, 3.63) is 102 Å². The van der Waals surface area contributed by atoms with Crippen LogP contribution in [0.2, 0.25) is 0 Å². The van der Waals surface area contributed by atoms with Gasteiger partial charge >= 0.3 is 6.09 Å². The zero-order valence-electron chi connectivity index (χ0n) is 18.9. The topological polar surface area (TPSA) is 61.9 Å². The summed E-state index contributed by atoms with van der Waals surface area (Å²) in [7, 11) is 0. The Morgan fingerprint density at radius 2 is 1.41 bits per heavy atom. The van der Waals surface area contributed by atoms with Gasteiger partial charge in [-0.05, 0) is 23.3 Å². The number of carbonyl (C=O) groups excluding carboxylic acids is 2. The summed E-state index contributed by atoms with van der Waals surface area (Å²) in [6.07, 6.45) is -0.281. The van der Waals surface area contributed by atoms with E-state index in [9.17, 15) is 14.0 Å². The predicted molar refractivity (Wildman–Crippen MR) is 129 cm³/mol. The molecule has 3 aromatic carbocycles. The smallest absolute Gasteiger partial charge is 0.408 e. The molecule has 0 aliphatic carbocycles. The third-order valence-corrected chi connectivity index (χ3v) is 5.87. The number of halogens is 1. The third kappa shape index (κ3) is 6.13. The number of rotatable bonds is 7. The molecule has 3 aromatic rings. The van der Waals surface area contributed by atoms with E-state index in [4.69, 9.17) is 4.74 Å². The summed E-state index contributed by atoms with van der Waals surface area (Å²) in [6.45, 7) is 2.05. The molecule has 1 atom stereocenters. The maximum absolute atomic E-state index is 14.2. The van der Waals surface area contributed by atoms with Crippen molar-refractivity contribution in [2.45, 2.75) is 19.1 Å². The van der Waals surface area contributed by atoms with Gasteiger partial charge in [-0.3, -0.25) is 4.79 Å². The lowest BCUT2D eigenvalue weighted by Crippen LogP contribution is -2.55. The lowest BCUT2D eigenvalue weighted by atomic mass is 10.0. The molecule has 1 aliphatic heterocycles. The van der Waals surface area contributed by atoms with Crippen molar-refractivity contribution in [1.29, 1.82) is 0 Å². The van der Waals surface area contributed by atoms with Gasteiger partial charge in [0.1, 0.15) is 18.5 Å². The molecule has 0 bridgehead atoms. The van der Waals surface area contributed by atoms with E-state index in [0.29, 0.717) is 38.3 Å². The van der Waals surface area contributed by atoms with Crippen molar-refractivity contribution in [1.82, 2.24) is 10.2 Å². The number of alkyl carbamates (subject to hydrolysis) is 1. The normalized spacial score (nSPS) is 14.4. The Bertz CT molecular complexity index is 1090. The van der Waals surface area contributed by atoms with E-state index in [1.807, 2.05) is 65.6 Å². The van der Waals surface area contributed by atoms with Crippen molar-refractivity contribution in [3.63, 3.8) is 0 Å². The minimum absolute atomic E-state index is 0.125. The minimum atomic E-state index is -0.759. The van der Waals surface area contributed by atoms with Crippen LogP contribution in [0.3, 0.4) is 0 Å². The molecule has 0 saturated carbocycles. The molecule has 0 aromatic heterocycles. The second-order valence-corrected chi connectivity index (χ2v) is 8.21. The molecule has 1 N–H and O–H groups in total. The average Bonchev–Trinajstić information content (AvgIpc) is 2.88. The van der Waals surface area contributed by atoms with E-state index in [2.05, 4.69) is 5.32 Å². The number of amides is 2. The van der Waals surface area contributed by atoms with Gasteiger partial charge in [0.2, 0.25) is 5.91 Å². The maximum atomic E-state index is 14.2. The summed E-state index contributed by atoms with van der Waals surface area (Å²) in [4.78, 5) is 29.6. The zero-order valence-corrected chi connectivity index (χ0v) is 18.9. The highest BCUT2D eigenvalue weighted by Gasteiger charge is 2.30. The number of carbonyl (C=O) groups is 2. The highest BCUT2D eigenvalue weighted by molar-refractivity contribution is 5.86. The molecule has 1 heterocycles. The number of nitrogens with zero attached hydrogens (tertiary/aromatic N) is 2. The Hall–Kier alpha value is -3.87. The number of anilines is 1. The zero-order chi connectivity index (χ0) is 23.8. The lowest BCUT2D eigenvalue weighted by molar-refractivity contribution is -0.133. The molecular weight excluding hydrogens is 433 g/mol. The number of ether oxygens (including phenoxy) is 1. The Balaban J connectivity index is 1.39. The van der Waals surface area contributed by atoms with Crippen molar-refractivity contribution >= 4 is 17.7 Å². The third-order valence-electron chi connectivity index (χ3n) is 5.87. The van der Waals surface area contributed by atoms with Gasteiger partial charge in [0.25, 0.3) is 0 Å². The SMILES string of the molecule is O=C(NC(Cc1ccccc1)C(=O)N1CCN(c2ccccc2F)CC1)OCc1ccccc1. The highest BCUT2D eigenvalue weighted by atomic mass is 19.1. The van der Waals surface area contributed by atoms with Crippen molar-refractivity contribution in [3.8, 4) is 0 Å². The molecule has 1 fully saturated rings. The molecule has 1 aliphatic rings. The van der Waals surface area contributed by atoms with Crippen LogP contribution in [0, 0.1) is 5.82 Å². The second-order valence-electron chi connectivity index (χ2n) is 8.21. The van der Waals surface area contributed by atoms with Crippen LogP contribution in [-0.4, -0.2) is 49.1 Å². The van der Waals surface area contributed by atoms with Crippen LogP contribution in [0.25, 0.3) is 0 Å². The van der Waals surface area contributed by atoms with E-state index in [-0.39, 0.29) is 18.3 Å². The fraction of sp³-hybridized carbons (Fsp3) is 0.259. The van der Waals surface area contributed by atoms with E-state index in [1.54, 1.807) is 23.1 Å². The summed E-state index contributed by atoms with van der Waals surface area (Å²) >= 11 is 0. The van der Waals surface area contributed by atoms with Crippen molar-refractivity contribution in [2.75, 3.05) is 31.1 Å². The highest BCUT2D eigenvalue weighted by Crippen LogP contribution is 2.20. The van der Waals surface area contributed by atoms with Gasteiger partial charge in [-0.25, -0.2) is 9.18 Å². The first-order valence-corrected chi connectivity index (χ1v) is 11.4. The first-order chi connectivity index (χ1) is 16.6. The minimum Gasteiger partial charge on any atom is -0.445 e. The van der Waals surface area contributed by atoms with Gasteiger partial charge < -0.3 is 19.9 Å². The van der Waals surface area contributed by atoms with Gasteiger partial charge in [0.15, 0.2) is 0 Å². The molecular formula is C27H28FN3O3. The molecule has 176 valence electrons. The molecule has 34 heavy (non-hydrogen) atoms. The maximum Gasteiger partial charge on any atom is 0.408 e. The fourth-order valence-electron chi connectivity index (χ4n) is 4.05. The summed E-state index contributed by atoms with van der Waals surface area (Å²) < 4.78 is 19.5. The standard InChI is InChI=1S/C27H28FN3O3/c28-23-13-7-8-14-25(23)30-15-17-31(18-16-30)26(32)24(19-21-9-3-1-4-10-21)29-27(33)34-20-22-11-5-2-6-12-22/h1-14,24H,15-20H2,(H,29,33). The summed E-state index contributed by atoms with van der Waals surface area (Å²) in [5.41, 5.74) is 2.35. The average molecular weight is 462 g/mol. The van der Waals surface area contributed by atoms with E-state index < -0.39 is 12.1 Å². The van der Waals surface area contributed by atoms with Crippen molar-refractivity contribution < 1.29 is 18.7 Å². The Labute approximate surface area is 198 Å². The van der Waals surface area contributed by atoms with Crippen LogP contribution < -0.4 is 10.2 Å². The number of benzene rings is 3. The van der Waals surface area contributed by atoms with E-state index >= 15 is 0 Å². The molecule has 1 saturated heterocycles. The summed E-state index contributed by atoms with van der Waals surface area (Å²) in [5.74, 6) is -0.444. The monoisotopic (exact) mass is 461 g/mol. The predicted octanol–water partition coefficient (Wildman–Crippen LogP) is 4.01. The molecule has 0 radical (unpaired) electrons. The van der Waals surface area contributed by atoms with E-state index in [0.717, 1.165) is 11.1 Å². The van der Waals surface area contributed by atoms with Gasteiger partial charge in [0, 0.05) is 32.6 Å². The quantitative estimate of drug-likeness (QED) is 0.578. The summed E-state index contributed by atoms with van der Waals surface area (Å²) in [5, 5.41) is 2.76. The molecule has 6 nitrogen and oxygen atoms in total. The van der Waals surface area contributed by atoms with Crippen LogP contribution in [0.15, 0.2) is 84.9 Å². The second kappa shape index (κ2) is 11.3. The first-order valence-electron chi connectivity index (χ1n) is 11.4. The van der Waals surface area contributed by atoms with Crippen LogP contribution in [0.1, 0.15) is 11.1 Å². The number of hydrogen-bond acceptors (Lipinski definition) is 4. The number of hydrogen-bond donors (Lipinski definition) is 1. The molecule has 7 heteroatoms. The Morgan fingerprint density at radius 1 is 0.824 bits per heavy atom. The van der Waals surface area contributed by atoms with Gasteiger partial charge in [-0.15, -0.1) is 0 Å². The Kier molecular flexibility index (Phi) is 7.75.